The van der Waals surface area contributed by atoms with E-state index in [1.54, 1.807) is 0 Å². The second kappa shape index (κ2) is 5.99. The van der Waals surface area contributed by atoms with Crippen molar-refractivity contribution < 1.29 is 0 Å². The summed E-state index contributed by atoms with van der Waals surface area (Å²) in [4.78, 5) is 1.28. The van der Waals surface area contributed by atoms with E-state index in [0.717, 1.165) is 0 Å². The fourth-order valence-corrected chi connectivity index (χ4v) is 5.09. The van der Waals surface area contributed by atoms with Crippen molar-refractivity contribution in [2.24, 2.45) is 0 Å². The van der Waals surface area contributed by atoms with Crippen molar-refractivity contribution in [3.8, 4) is 11.1 Å². The molecule has 106 valence electrons. The minimum Gasteiger partial charge on any atom is -0.128 e. The zero-order valence-corrected chi connectivity index (χ0v) is 13.5. The topological polar surface area (TPSA) is 0 Å². The van der Waals surface area contributed by atoms with E-state index < -0.39 is 0 Å². The molecule has 0 saturated carbocycles. The third kappa shape index (κ3) is 2.56. The molecule has 2 heteroatoms. The van der Waals surface area contributed by atoms with Gasteiger partial charge in [0.2, 0.25) is 0 Å². The van der Waals surface area contributed by atoms with Crippen LogP contribution < -0.4 is 0 Å². The fourth-order valence-electron chi connectivity index (χ4n) is 2.57. The average Bonchev–Trinajstić information content (AvgIpc) is 2.94. The van der Waals surface area contributed by atoms with Gasteiger partial charge in [-0.05, 0) is 23.8 Å². The van der Waals surface area contributed by atoms with Crippen LogP contribution in [0.2, 0.25) is 0 Å². The maximum atomic E-state index is 2.23. The van der Waals surface area contributed by atoms with E-state index in [-0.39, 0.29) is 0 Å². The van der Waals surface area contributed by atoms with Crippen LogP contribution in [-0.4, -0.2) is 0 Å². The summed E-state index contributed by atoms with van der Waals surface area (Å²) in [6.45, 7) is 0. The maximum Gasteiger partial charge on any atom is 0.0737 e. The van der Waals surface area contributed by atoms with Crippen molar-refractivity contribution in [3.63, 3.8) is 0 Å². The van der Waals surface area contributed by atoms with Crippen LogP contribution in [0.4, 0.5) is 0 Å². The number of thiophene rings is 1. The highest BCUT2D eigenvalue weighted by Gasteiger charge is 2.14. The molecule has 0 saturated heterocycles. The summed E-state index contributed by atoms with van der Waals surface area (Å²) in [6.07, 6.45) is 0. The smallest absolute Gasteiger partial charge is 0.0737 e. The van der Waals surface area contributed by atoms with E-state index in [1.807, 2.05) is 23.1 Å². The number of hydrogen-bond acceptors (Lipinski definition) is 2. The number of fused-ring (bicyclic) bond motifs is 1. The quantitative estimate of drug-likeness (QED) is 0.404. The van der Waals surface area contributed by atoms with E-state index in [4.69, 9.17) is 0 Å². The molecule has 0 aliphatic carbocycles. The monoisotopic (exact) mass is 318 g/mol. The third-order valence-electron chi connectivity index (χ3n) is 3.58. The van der Waals surface area contributed by atoms with Gasteiger partial charge >= 0.3 is 0 Å². The lowest BCUT2D eigenvalue weighted by atomic mass is 10.1. The Balaban J connectivity index is 1.90. The summed E-state index contributed by atoms with van der Waals surface area (Å²) in [6, 6.07) is 30.0. The van der Waals surface area contributed by atoms with Gasteiger partial charge in [-0.3, -0.25) is 0 Å². The van der Waals surface area contributed by atoms with Crippen molar-refractivity contribution in [2.45, 2.75) is 9.10 Å². The Morgan fingerprint density at radius 3 is 2.05 bits per heavy atom. The first-order chi connectivity index (χ1) is 10.9. The van der Waals surface area contributed by atoms with E-state index in [1.165, 1.54) is 30.3 Å². The lowest BCUT2D eigenvalue weighted by Gasteiger charge is -2.05. The molecular formula is C20H14S2. The van der Waals surface area contributed by atoms with Crippen molar-refractivity contribution >= 4 is 33.2 Å². The van der Waals surface area contributed by atoms with Crippen molar-refractivity contribution in [3.05, 3.63) is 84.9 Å². The number of rotatable bonds is 3. The van der Waals surface area contributed by atoms with Crippen LogP contribution in [0, 0.1) is 0 Å². The Hall–Kier alpha value is -2.03. The third-order valence-corrected chi connectivity index (χ3v) is 5.94. The molecule has 0 aliphatic heterocycles. The van der Waals surface area contributed by atoms with Crippen LogP contribution in [0.15, 0.2) is 94.0 Å². The summed E-state index contributed by atoms with van der Waals surface area (Å²) >= 11 is 3.73. The van der Waals surface area contributed by atoms with Gasteiger partial charge in [-0.1, -0.05) is 78.5 Å². The predicted octanol–water partition coefficient (Wildman–Crippen LogP) is 6.72. The van der Waals surface area contributed by atoms with Gasteiger partial charge in [0.05, 0.1) is 4.21 Å². The highest BCUT2D eigenvalue weighted by Crippen LogP contribution is 2.46. The Kier molecular flexibility index (Phi) is 3.71. The molecule has 0 unspecified atom stereocenters. The predicted molar refractivity (Wildman–Crippen MR) is 97.8 cm³/mol. The lowest BCUT2D eigenvalue weighted by molar-refractivity contribution is 1.46. The molecule has 1 aromatic heterocycles. The standard InChI is InChI=1S/C20H14S2/c1-3-9-15(10-4-1)19-17-13-7-8-14-18(17)22-20(19)21-16-11-5-2-6-12-16/h1-14H. The zero-order chi connectivity index (χ0) is 14.8. The van der Waals surface area contributed by atoms with E-state index in [9.17, 15) is 0 Å². The van der Waals surface area contributed by atoms with Crippen molar-refractivity contribution in [1.29, 1.82) is 0 Å². The van der Waals surface area contributed by atoms with Gasteiger partial charge in [0.25, 0.3) is 0 Å². The summed E-state index contributed by atoms with van der Waals surface area (Å²) in [7, 11) is 0. The Bertz CT molecular complexity index is 893. The Labute approximate surface area is 138 Å². The highest BCUT2D eigenvalue weighted by molar-refractivity contribution is 8.01. The van der Waals surface area contributed by atoms with Crippen LogP contribution >= 0.6 is 23.1 Å². The summed E-state index contributed by atoms with van der Waals surface area (Å²) in [5.41, 5.74) is 2.65. The van der Waals surface area contributed by atoms with Crippen LogP contribution in [-0.2, 0) is 0 Å². The molecule has 1 heterocycles. The van der Waals surface area contributed by atoms with Crippen LogP contribution in [0.5, 0.6) is 0 Å². The van der Waals surface area contributed by atoms with E-state index in [0.29, 0.717) is 0 Å². The minimum atomic E-state index is 1.28. The van der Waals surface area contributed by atoms with Crippen LogP contribution in [0.1, 0.15) is 0 Å². The number of benzene rings is 3. The fraction of sp³-hybridized carbons (Fsp3) is 0. The molecule has 0 bridgehead atoms. The molecule has 4 aromatic rings. The zero-order valence-electron chi connectivity index (χ0n) is 11.9. The van der Waals surface area contributed by atoms with Gasteiger partial charge in [-0.15, -0.1) is 11.3 Å². The highest BCUT2D eigenvalue weighted by atomic mass is 32.2. The molecular weight excluding hydrogens is 304 g/mol. The minimum absolute atomic E-state index is 1.28. The van der Waals surface area contributed by atoms with Crippen molar-refractivity contribution in [1.82, 2.24) is 0 Å². The summed E-state index contributed by atoms with van der Waals surface area (Å²) < 4.78 is 2.71. The average molecular weight is 318 g/mol. The molecule has 22 heavy (non-hydrogen) atoms. The van der Waals surface area contributed by atoms with Gasteiger partial charge < -0.3 is 0 Å². The SMILES string of the molecule is c1ccc(Sc2sc3ccccc3c2-c2ccccc2)cc1. The van der Waals surface area contributed by atoms with Gasteiger partial charge in [-0.2, -0.15) is 0 Å². The van der Waals surface area contributed by atoms with E-state index in [2.05, 4.69) is 84.9 Å². The largest absolute Gasteiger partial charge is 0.128 e. The molecule has 0 spiro atoms. The second-order valence-electron chi connectivity index (χ2n) is 5.04. The first-order valence-corrected chi connectivity index (χ1v) is 8.85. The van der Waals surface area contributed by atoms with Crippen LogP contribution in [0.25, 0.3) is 21.2 Å². The molecule has 0 fully saturated rings. The van der Waals surface area contributed by atoms with Gasteiger partial charge in [-0.25, -0.2) is 0 Å². The molecule has 0 radical (unpaired) electrons. The van der Waals surface area contributed by atoms with Crippen LogP contribution in [0.3, 0.4) is 0 Å². The lowest BCUT2D eigenvalue weighted by Crippen LogP contribution is -1.78. The van der Waals surface area contributed by atoms with Crippen molar-refractivity contribution in [2.75, 3.05) is 0 Å². The van der Waals surface area contributed by atoms with Gasteiger partial charge in [0.1, 0.15) is 0 Å². The normalized spacial score (nSPS) is 10.9. The first-order valence-electron chi connectivity index (χ1n) is 7.22. The Morgan fingerprint density at radius 2 is 1.27 bits per heavy atom. The molecule has 0 atom stereocenters. The molecule has 0 N–H and O–H groups in total. The van der Waals surface area contributed by atoms with Gasteiger partial charge in [0, 0.05) is 20.5 Å². The molecule has 0 nitrogen and oxygen atoms in total. The summed E-state index contributed by atoms with van der Waals surface area (Å²) in [5, 5.41) is 1.34. The molecule has 3 aromatic carbocycles. The van der Waals surface area contributed by atoms with Gasteiger partial charge in [0.15, 0.2) is 0 Å². The number of hydrogen-bond donors (Lipinski definition) is 0. The molecule has 0 amide bonds. The summed E-state index contributed by atoms with van der Waals surface area (Å²) in [5.74, 6) is 0. The second-order valence-corrected chi connectivity index (χ2v) is 7.44. The molecule has 4 rings (SSSR count). The maximum absolute atomic E-state index is 2.23. The molecule has 0 aliphatic rings. The Morgan fingerprint density at radius 1 is 0.636 bits per heavy atom. The van der Waals surface area contributed by atoms with E-state index >= 15 is 0 Å². The first kappa shape index (κ1) is 13.6.